The second-order valence-electron chi connectivity index (χ2n) is 6.30. The molecule has 0 aliphatic heterocycles. The molecular formula is C16H21NO4. The van der Waals surface area contributed by atoms with Crippen molar-refractivity contribution in [2.75, 3.05) is 0 Å². The molecule has 1 aromatic carbocycles. The summed E-state index contributed by atoms with van der Waals surface area (Å²) in [5.74, 6) is -1.32. The highest BCUT2D eigenvalue weighted by Crippen LogP contribution is 2.37. The summed E-state index contributed by atoms with van der Waals surface area (Å²) in [7, 11) is 0. The zero-order valence-electron chi connectivity index (χ0n) is 12.6. The molecule has 1 aliphatic rings. The van der Waals surface area contributed by atoms with Gasteiger partial charge in [0.25, 0.3) is 0 Å². The van der Waals surface area contributed by atoms with Crippen molar-refractivity contribution >= 4 is 12.1 Å². The molecule has 1 aromatic rings. The van der Waals surface area contributed by atoms with Crippen molar-refractivity contribution in [3.05, 3.63) is 35.4 Å². The molecule has 2 N–H and O–H groups in total. The molecular weight excluding hydrogens is 270 g/mol. The van der Waals surface area contributed by atoms with Gasteiger partial charge in [-0.25, -0.2) is 4.79 Å². The van der Waals surface area contributed by atoms with E-state index in [1.807, 2.05) is 45.0 Å². The molecule has 0 radical (unpaired) electrons. The number of rotatable bonds is 2. The van der Waals surface area contributed by atoms with E-state index in [9.17, 15) is 14.7 Å². The molecule has 0 saturated carbocycles. The van der Waals surface area contributed by atoms with Crippen molar-refractivity contribution in [2.45, 2.75) is 51.2 Å². The summed E-state index contributed by atoms with van der Waals surface area (Å²) in [6.07, 6.45) is 0.621. The van der Waals surface area contributed by atoms with E-state index in [4.69, 9.17) is 4.74 Å². The van der Waals surface area contributed by atoms with Crippen molar-refractivity contribution in [3.63, 3.8) is 0 Å². The lowest BCUT2D eigenvalue weighted by Gasteiger charge is -2.31. The molecule has 2 atom stereocenters. The van der Waals surface area contributed by atoms with Gasteiger partial charge in [-0.15, -0.1) is 0 Å². The number of carboxylic acid groups (broad SMARTS) is 1. The number of fused-ring (bicyclic) bond motifs is 1. The zero-order valence-corrected chi connectivity index (χ0v) is 12.6. The van der Waals surface area contributed by atoms with Crippen LogP contribution in [0.1, 0.15) is 56.7 Å². The summed E-state index contributed by atoms with van der Waals surface area (Å²) in [5, 5.41) is 12.1. The molecule has 5 nitrogen and oxygen atoms in total. The average molecular weight is 291 g/mol. The Morgan fingerprint density at radius 1 is 1.19 bits per heavy atom. The molecule has 2 rings (SSSR count). The predicted octanol–water partition coefficient (Wildman–Crippen LogP) is 3.21. The van der Waals surface area contributed by atoms with E-state index in [2.05, 4.69) is 5.32 Å². The Hall–Kier alpha value is -2.04. The van der Waals surface area contributed by atoms with Gasteiger partial charge < -0.3 is 15.2 Å². The predicted molar refractivity (Wildman–Crippen MR) is 78.2 cm³/mol. The van der Waals surface area contributed by atoms with Gasteiger partial charge in [0, 0.05) is 0 Å². The van der Waals surface area contributed by atoms with Gasteiger partial charge in [0.15, 0.2) is 0 Å². The van der Waals surface area contributed by atoms with Crippen LogP contribution in [0.2, 0.25) is 0 Å². The molecule has 0 aromatic heterocycles. The third-order valence-electron chi connectivity index (χ3n) is 3.48. The summed E-state index contributed by atoms with van der Waals surface area (Å²) in [4.78, 5) is 23.2. The van der Waals surface area contributed by atoms with E-state index in [0.29, 0.717) is 12.8 Å². The maximum Gasteiger partial charge on any atom is 0.408 e. The number of carboxylic acids is 1. The Labute approximate surface area is 124 Å². The van der Waals surface area contributed by atoms with Gasteiger partial charge in [-0.2, -0.15) is 0 Å². The van der Waals surface area contributed by atoms with Crippen LogP contribution in [0.5, 0.6) is 0 Å². The minimum Gasteiger partial charge on any atom is -0.481 e. The van der Waals surface area contributed by atoms with Gasteiger partial charge in [-0.3, -0.25) is 4.79 Å². The maximum absolute atomic E-state index is 11.9. The normalized spacial score (nSPS) is 21.3. The standard InChI is InChI=1S/C16H21NO4/c1-16(2,3)21-15(20)17-13-9-8-12(14(18)19)10-6-4-5-7-11(10)13/h4-7,12-13H,8-9H2,1-3H3,(H,17,20)(H,18,19). The van der Waals surface area contributed by atoms with Crippen LogP contribution < -0.4 is 5.32 Å². The number of hydrogen-bond acceptors (Lipinski definition) is 3. The fourth-order valence-corrected chi connectivity index (χ4v) is 2.65. The number of nitrogens with one attached hydrogen (secondary N) is 1. The molecule has 21 heavy (non-hydrogen) atoms. The molecule has 5 heteroatoms. The number of carbonyl (C=O) groups excluding carboxylic acids is 1. The van der Waals surface area contributed by atoms with Crippen LogP contribution in [0.15, 0.2) is 24.3 Å². The summed E-state index contributed by atoms with van der Waals surface area (Å²) in [6, 6.07) is 7.16. The van der Waals surface area contributed by atoms with Crippen LogP contribution in [0.3, 0.4) is 0 Å². The monoisotopic (exact) mass is 291 g/mol. The van der Waals surface area contributed by atoms with Crippen LogP contribution in [0.25, 0.3) is 0 Å². The average Bonchev–Trinajstić information content (AvgIpc) is 2.36. The van der Waals surface area contributed by atoms with E-state index < -0.39 is 23.6 Å². The third-order valence-corrected chi connectivity index (χ3v) is 3.48. The Balaban J connectivity index is 2.18. The van der Waals surface area contributed by atoms with Crippen molar-refractivity contribution in [1.29, 1.82) is 0 Å². The maximum atomic E-state index is 11.9. The molecule has 0 bridgehead atoms. The number of benzene rings is 1. The lowest BCUT2D eigenvalue weighted by atomic mass is 9.80. The van der Waals surface area contributed by atoms with Crippen molar-refractivity contribution in [2.24, 2.45) is 0 Å². The minimum atomic E-state index is -0.821. The van der Waals surface area contributed by atoms with E-state index in [1.165, 1.54) is 0 Å². The van der Waals surface area contributed by atoms with Crippen LogP contribution in [-0.4, -0.2) is 22.8 Å². The highest BCUT2D eigenvalue weighted by atomic mass is 16.6. The molecule has 2 unspecified atom stereocenters. The van der Waals surface area contributed by atoms with Crippen LogP contribution in [0.4, 0.5) is 4.79 Å². The molecule has 1 amide bonds. The zero-order chi connectivity index (χ0) is 15.6. The van der Waals surface area contributed by atoms with Gasteiger partial charge in [0.2, 0.25) is 0 Å². The van der Waals surface area contributed by atoms with Gasteiger partial charge in [0.1, 0.15) is 5.60 Å². The number of carbonyl (C=O) groups is 2. The molecule has 0 spiro atoms. The van der Waals surface area contributed by atoms with E-state index >= 15 is 0 Å². The van der Waals surface area contributed by atoms with Crippen LogP contribution >= 0.6 is 0 Å². The summed E-state index contributed by atoms with van der Waals surface area (Å²) in [6.45, 7) is 5.42. The smallest absolute Gasteiger partial charge is 0.408 e. The highest BCUT2D eigenvalue weighted by molar-refractivity contribution is 5.77. The molecule has 0 heterocycles. The second kappa shape index (κ2) is 5.76. The fourth-order valence-electron chi connectivity index (χ4n) is 2.65. The lowest BCUT2D eigenvalue weighted by molar-refractivity contribution is -0.139. The van der Waals surface area contributed by atoms with Gasteiger partial charge in [0.05, 0.1) is 12.0 Å². The van der Waals surface area contributed by atoms with Crippen molar-refractivity contribution in [1.82, 2.24) is 5.32 Å². The SMILES string of the molecule is CC(C)(C)OC(=O)NC1CCC(C(=O)O)c2ccccc21. The third kappa shape index (κ3) is 3.74. The fraction of sp³-hybridized carbons (Fsp3) is 0.500. The Kier molecular flexibility index (Phi) is 4.21. The number of aliphatic carboxylic acids is 1. The Bertz CT molecular complexity index is 547. The highest BCUT2D eigenvalue weighted by Gasteiger charge is 2.32. The Morgan fingerprint density at radius 3 is 2.38 bits per heavy atom. The topological polar surface area (TPSA) is 75.6 Å². The van der Waals surface area contributed by atoms with Crippen molar-refractivity contribution < 1.29 is 19.4 Å². The molecule has 1 aliphatic carbocycles. The van der Waals surface area contributed by atoms with E-state index in [-0.39, 0.29) is 6.04 Å². The van der Waals surface area contributed by atoms with Crippen molar-refractivity contribution in [3.8, 4) is 0 Å². The lowest BCUT2D eigenvalue weighted by Crippen LogP contribution is -2.37. The first kappa shape index (κ1) is 15.4. The number of amides is 1. The second-order valence-corrected chi connectivity index (χ2v) is 6.30. The van der Waals surface area contributed by atoms with Gasteiger partial charge in [-0.05, 0) is 44.7 Å². The first-order valence-electron chi connectivity index (χ1n) is 7.09. The van der Waals surface area contributed by atoms with E-state index in [0.717, 1.165) is 11.1 Å². The van der Waals surface area contributed by atoms with E-state index in [1.54, 1.807) is 0 Å². The molecule has 0 fully saturated rings. The largest absolute Gasteiger partial charge is 0.481 e. The van der Waals surface area contributed by atoms with Gasteiger partial charge >= 0.3 is 12.1 Å². The van der Waals surface area contributed by atoms with Crippen LogP contribution in [-0.2, 0) is 9.53 Å². The van der Waals surface area contributed by atoms with Crippen LogP contribution in [0, 0.1) is 0 Å². The minimum absolute atomic E-state index is 0.202. The number of ether oxygens (including phenoxy) is 1. The van der Waals surface area contributed by atoms with Gasteiger partial charge in [-0.1, -0.05) is 24.3 Å². The number of alkyl carbamates (subject to hydrolysis) is 1. The quantitative estimate of drug-likeness (QED) is 0.877. The summed E-state index contributed by atoms with van der Waals surface area (Å²) < 4.78 is 5.26. The molecule has 114 valence electrons. The first-order valence-corrected chi connectivity index (χ1v) is 7.09. The Morgan fingerprint density at radius 2 is 1.81 bits per heavy atom. The summed E-state index contributed by atoms with van der Waals surface area (Å²) >= 11 is 0. The number of hydrogen-bond donors (Lipinski definition) is 2. The first-order chi connectivity index (χ1) is 9.78. The summed E-state index contributed by atoms with van der Waals surface area (Å²) in [5.41, 5.74) is 1.08. The molecule has 0 saturated heterocycles.